The fraction of sp³-hybridized carbons (Fsp3) is 0.538. The molecule has 2 rings (SSSR count). The van der Waals surface area contributed by atoms with E-state index in [1.165, 1.54) is 5.56 Å². The highest BCUT2D eigenvalue weighted by Gasteiger charge is 2.21. The highest BCUT2D eigenvalue weighted by Crippen LogP contribution is 2.19. The topological polar surface area (TPSA) is 57.6 Å². The van der Waals surface area contributed by atoms with E-state index in [2.05, 4.69) is 11.0 Å². The van der Waals surface area contributed by atoms with Gasteiger partial charge < -0.3 is 10.0 Å². The van der Waals surface area contributed by atoms with Gasteiger partial charge >= 0.3 is 0 Å². The molecule has 1 N–H and O–H groups in total. The van der Waals surface area contributed by atoms with Gasteiger partial charge in [-0.3, -0.25) is 0 Å². The summed E-state index contributed by atoms with van der Waals surface area (Å²) in [6, 6.07) is 8.14. The van der Waals surface area contributed by atoms with Crippen LogP contribution in [0.5, 0.6) is 0 Å². The second-order valence-electron chi connectivity index (χ2n) is 4.64. The minimum absolute atomic E-state index is 0.201. The number of rotatable bonds is 4. The molecule has 0 spiro atoms. The molecule has 0 unspecified atom stereocenters. The Hall–Kier alpha value is -1.07. The second-order valence-corrected chi connectivity index (χ2v) is 6.94. The zero-order chi connectivity index (χ0) is 13.0. The number of aliphatic hydroxyl groups is 1. The summed E-state index contributed by atoms with van der Waals surface area (Å²) < 4.78 is 22.8. The van der Waals surface area contributed by atoms with Crippen molar-refractivity contribution >= 4 is 15.5 Å². The van der Waals surface area contributed by atoms with Crippen molar-refractivity contribution in [2.75, 3.05) is 36.1 Å². The van der Waals surface area contributed by atoms with Gasteiger partial charge in [0.05, 0.1) is 11.5 Å². The fourth-order valence-electron chi connectivity index (χ4n) is 2.16. The van der Waals surface area contributed by atoms with Crippen LogP contribution in [-0.2, 0) is 16.3 Å². The highest BCUT2D eigenvalue weighted by molar-refractivity contribution is 7.91. The summed E-state index contributed by atoms with van der Waals surface area (Å²) in [5, 5.41) is 8.83. The molecule has 1 aromatic rings. The number of sulfone groups is 1. The quantitative estimate of drug-likeness (QED) is 0.880. The monoisotopic (exact) mass is 269 g/mol. The maximum Gasteiger partial charge on any atom is 0.153 e. The molecule has 5 heteroatoms. The van der Waals surface area contributed by atoms with Crippen LogP contribution < -0.4 is 4.90 Å². The number of anilines is 1. The molecule has 1 aromatic carbocycles. The molecule has 0 amide bonds. The molecule has 1 aliphatic rings. The molecule has 1 heterocycles. The molecule has 0 bridgehead atoms. The van der Waals surface area contributed by atoms with Crippen LogP contribution in [0.3, 0.4) is 0 Å². The van der Waals surface area contributed by atoms with Gasteiger partial charge in [0, 0.05) is 25.4 Å². The lowest BCUT2D eigenvalue weighted by atomic mass is 10.1. The third-order valence-corrected chi connectivity index (χ3v) is 4.85. The van der Waals surface area contributed by atoms with Gasteiger partial charge in [-0.1, -0.05) is 12.1 Å². The molecular weight excluding hydrogens is 250 g/mol. The zero-order valence-electron chi connectivity index (χ0n) is 10.4. The largest absolute Gasteiger partial charge is 0.396 e. The van der Waals surface area contributed by atoms with Crippen LogP contribution in [0.4, 0.5) is 5.69 Å². The predicted molar refractivity (Wildman–Crippen MR) is 72.7 cm³/mol. The fourth-order valence-corrected chi connectivity index (χ4v) is 3.36. The van der Waals surface area contributed by atoms with E-state index in [0.29, 0.717) is 13.1 Å². The van der Waals surface area contributed by atoms with E-state index in [-0.39, 0.29) is 18.1 Å². The van der Waals surface area contributed by atoms with Crippen molar-refractivity contribution in [1.29, 1.82) is 0 Å². The van der Waals surface area contributed by atoms with Gasteiger partial charge in [0.15, 0.2) is 9.84 Å². The molecule has 4 nitrogen and oxygen atoms in total. The first kappa shape index (κ1) is 13.4. The van der Waals surface area contributed by atoms with Crippen molar-refractivity contribution in [3.05, 3.63) is 29.8 Å². The summed E-state index contributed by atoms with van der Waals surface area (Å²) in [5.41, 5.74) is 2.27. The summed E-state index contributed by atoms with van der Waals surface area (Å²) in [7, 11) is -2.82. The Morgan fingerprint density at radius 3 is 2.61 bits per heavy atom. The van der Waals surface area contributed by atoms with Crippen molar-refractivity contribution in [3.8, 4) is 0 Å². The van der Waals surface area contributed by atoms with Gasteiger partial charge in [-0.05, 0) is 30.5 Å². The minimum atomic E-state index is -2.82. The van der Waals surface area contributed by atoms with E-state index in [9.17, 15) is 8.42 Å². The van der Waals surface area contributed by atoms with Crippen molar-refractivity contribution < 1.29 is 13.5 Å². The van der Waals surface area contributed by atoms with Gasteiger partial charge in [-0.2, -0.15) is 0 Å². The Kier molecular flexibility index (Phi) is 4.24. The van der Waals surface area contributed by atoms with Crippen molar-refractivity contribution in [3.63, 3.8) is 0 Å². The zero-order valence-corrected chi connectivity index (χ0v) is 11.2. The summed E-state index contributed by atoms with van der Waals surface area (Å²) in [5.74, 6) is 0.488. The maximum absolute atomic E-state index is 11.4. The Morgan fingerprint density at radius 1 is 1.22 bits per heavy atom. The molecule has 0 aromatic heterocycles. The molecule has 1 fully saturated rings. The summed E-state index contributed by atoms with van der Waals surface area (Å²) in [6.07, 6.45) is 1.62. The van der Waals surface area contributed by atoms with Crippen molar-refractivity contribution in [1.82, 2.24) is 0 Å². The van der Waals surface area contributed by atoms with Crippen molar-refractivity contribution in [2.24, 2.45) is 0 Å². The number of aliphatic hydroxyl groups excluding tert-OH is 1. The van der Waals surface area contributed by atoms with E-state index in [1.54, 1.807) is 0 Å². The number of hydrogen-bond donors (Lipinski definition) is 1. The normalized spacial score (nSPS) is 18.8. The number of benzene rings is 1. The molecule has 0 saturated carbocycles. The van der Waals surface area contributed by atoms with Gasteiger partial charge in [-0.25, -0.2) is 8.42 Å². The number of hydrogen-bond acceptors (Lipinski definition) is 4. The van der Waals surface area contributed by atoms with E-state index in [4.69, 9.17) is 5.11 Å². The lowest BCUT2D eigenvalue weighted by molar-refractivity contribution is 0.288. The molecule has 1 aliphatic heterocycles. The van der Waals surface area contributed by atoms with Crippen LogP contribution in [0, 0.1) is 0 Å². The molecule has 18 heavy (non-hydrogen) atoms. The van der Waals surface area contributed by atoms with Crippen LogP contribution in [-0.4, -0.2) is 44.7 Å². The molecule has 0 radical (unpaired) electrons. The maximum atomic E-state index is 11.4. The summed E-state index contributed by atoms with van der Waals surface area (Å²) in [4.78, 5) is 2.11. The molecule has 0 aliphatic carbocycles. The SMILES string of the molecule is O=S1(=O)CCN(c2cccc(CCCO)c2)CC1. The van der Waals surface area contributed by atoms with E-state index < -0.39 is 9.84 Å². The Morgan fingerprint density at radius 2 is 1.94 bits per heavy atom. The predicted octanol–water partition coefficient (Wildman–Crippen LogP) is 0.846. The highest BCUT2D eigenvalue weighted by atomic mass is 32.2. The molecule has 100 valence electrons. The Labute approximate surface area is 108 Å². The first-order chi connectivity index (χ1) is 8.61. The van der Waals surface area contributed by atoms with Crippen LogP contribution >= 0.6 is 0 Å². The lowest BCUT2D eigenvalue weighted by Gasteiger charge is -2.29. The first-order valence-corrected chi connectivity index (χ1v) is 8.08. The van der Waals surface area contributed by atoms with E-state index in [1.807, 2.05) is 18.2 Å². The lowest BCUT2D eigenvalue weighted by Crippen LogP contribution is -2.40. The third kappa shape index (κ3) is 3.46. The minimum Gasteiger partial charge on any atom is -0.396 e. The van der Waals surface area contributed by atoms with Gasteiger partial charge in [0.25, 0.3) is 0 Å². The van der Waals surface area contributed by atoms with Crippen LogP contribution in [0.25, 0.3) is 0 Å². The summed E-state index contributed by atoms with van der Waals surface area (Å²) >= 11 is 0. The first-order valence-electron chi connectivity index (χ1n) is 6.26. The average Bonchev–Trinajstić information content (AvgIpc) is 2.37. The molecular formula is C13H19NO3S. The number of nitrogens with zero attached hydrogens (tertiary/aromatic N) is 1. The van der Waals surface area contributed by atoms with Crippen molar-refractivity contribution in [2.45, 2.75) is 12.8 Å². The van der Waals surface area contributed by atoms with Gasteiger partial charge in [0.1, 0.15) is 0 Å². The Balaban J connectivity index is 2.05. The Bertz CT molecular complexity index is 485. The van der Waals surface area contributed by atoms with Crippen LogP contribution in [0.15, 0.2) is 24.3 Å². The summed E-state index contributed by atoms with van der Waals surface area (Å²) in [6.45, 7) is 1.35. The standard InChI is InChI=1S/C13H19NO3S/c15-8-2-4-12-3-1-5-13(11-12)14-6-9-18(16,17)10-7-14/h1,3,5,11,15H,2,4,6-10H2. The van der Waals surface area contributed by atoms with Gasteiger partial charge in [-0.15, -0.1) is 0 Å². The van der Waals surface area contributed by atoms with Gasteiger partial charge in [0.2, 0.25) is 0 Å². The molecule has 1 saturated heterocycles. The van der Waals surface area contributed by atoms with E-state index in [0.717, 1.165) is 18.5 Å². The average molecular weight is 269 g/mol. The van der Waals surface area contributed by atoms with E-state index >= 15 is 0 Å². The second kappa shape index (κ2) is 5.71. The van der Waals surface area contributed by atoms with Crippen LogP contribution in [0.2, 0.25) is 0 Å². The smallest absolute Gasteiger partial charge is 0.153 e. The molecule has 0 atom stereocenters. The third-order valence-electron chi connectivity index (χ3n) is 3.24. The number of aryl methyl sites for hydroxylation is 1. The van der Waals surface area contributed by atoms with Crippen LogP contribution in [0.1, 0.15) is 12.0 Å².